The van der Waals surface area contributed by atoms with E-state index in [-0.39, 0.29) is 5.91 Å². The quantitative estimate of drug-likeness (QED) is 0.829. The summed E-state index contributed by atoms with van der Waals surface area (Å²) < 4.78 is 0. The van der Waals surface area contributed by atoms with Gasteiger partial charge in [-0.15, -0.1) is 0 Å². The van der Waals surface area contributed by atoms with Gasteiger partial charge in [-0.3, -0.25) is 4.79 Å². The minimum atomic E-state index is -0.105. The van der Waals surface area contributed by atoms with Gasteiger partial charge in [-0.05, 0) is 30.7 Å². The first kappa shape index (κ1) is 14.9. The second kappa shape index (κ2) is 6.79. The number of nitrogens with one attached hydrogen (secondary N) is 1. The van der Waals surface area contributed by atoms with Crippen LogP contribution in [0.15, 0.2) is 48.5 Å². The van der Waals surface area contributed by atoms with Crippen LogP contribution in [0.1, 0.15) is 22.8 Å². The van der Waals surface area contributed by atoms with Crippen molar-refractivity contribution in [3.63, 3.8) is 0 Å². The lowest BCUT2D eigenvalue weighted by Gasteiger charge is -2.25. The molecule has 0 heterocycles. The third-order valence-corrected chi connectivity index (χ3v) is 3.46. The van der Waals surface area contributed by atoms with E-state index in [2.05, 4.69) is 29.3 Å². The molecular weight excluding hydrogens is 262 g/mol. The highest BCUT2D eigenvalue weighted by Crippen LogP contribution is 2.26. The summed E-state index contributed by atoms with van der Waals surface area (Å²) in [6.07, 6.45) is 0. The number of anilines is 2. The fourth-order valence-corrected chi connectivity index (χ4v) is 2.27. The van der Waals surface area contributed by atoms with Crippen molar-refractivity contribution in [2.24, 2.45) is 0 Å². The smallest absolute Gasteiger partial charge is 0.251 e. The predicted octanol–water partition coefficient (Wildman–Crippen LogP) is 2.65. The van der Waals surface area contributed by atoms with Gasteiger partial charge in [-0.2, -0.15) is 0 Å². The highest BCUT2D eigenvalue weighted by Gasteiger charge is 2.12. The van der Waals surface area contributed by atoms with Gasteiger partial charge >= 0.3 is 0 Å². The topological polar surface area (TPSA) is 58.4 Å². The van der Waals surface area contributed by atoms with Crippen molar-refractivity contribution in [1.29, 1.82) is 0 Å². The Hall–Kier alpha value is -2.49. The van der Waals surface area contributed by atoms with Gasteiger partial charge in [0.15, 0.2) is 0 Å². The lowest BCUT2D eigenvalue weighted by atomic mass is 10.1. The molecule has 2 aromatic carbocycles. The van der Waals surface area contributed by atoms with Crippen LogP contribution in [-0.2, 0) is 6.54 Å². The van der Waals surface area contributed by atoms with E-state index < -0.39 is 0 Å². The standard InChI is InChI=1S/C17H21N3O/c1-3-20(12-13-7-5-4-6-8-13)16-11-14(17(21)19-2)9-10-15(16)18/h4-11H,3,12,18H2,1-2H3,(H,19,21). The molecule has 0 aromatic heterocycles. The molecule has 0 radical (unpaired) electrons. The molecule has 0 saturated heterocycles. The first-order valence-electron chi connectivity index (χ1n) is 7.06. The molecule has 0 aliphatic heterocycles. The van der Waals surface area contributed by atoms with Crippen LogP contribution in [0.3, 0.4) is 0 Å². The number of nitrogens with two attached hydrogens (primary N) is 1. The maximum absolute atomic E-state index is 11.8. The number of rotatable bonds is 5. The number of carbonyl (C=O) groups is 1. The average molecular weight is 283 g/mol. The van der Waals surface area contributed by atoms with Gasteiger partial charge in [0.05, 0.1) is 11.4 Å². The Kier molecular flexibility index (Phi) is 4.82. The minimum Gasteiger partial charge on any atom is -0.397 e. The number of amides is 1. The third-order valence-electron chi connectivity index (χ3n) is 3.46. The monoisotopic (exact) mass is 283 g/mol. The normalized spacial score (nSPS) is 10.2. The molecular formula is C17H21N3O. The van der Waals surface area contributed by atoms with Crippen LogP contribution in [0.4, 0.5) is 11.4 Å². The summed E-state index contributed by atoms with van der Waals surface area (Å²) in [4.78, 5) is 13.9. The largest absolute Gasteiger partial charge is 0.397 e. The molecule has 4 heteroatoms. The summed E-state index contributed by atoms with van der Waals surface area (Å²) in [5, 5.41) is 2.64. The molecule has 3 N–H and O–H groups in total. The van der Waals surface area contributed by atoms with Gasteiger partial charge in [0.1, 0.15) is 0 Å². The van der Waals surface area contributed by atoms with E-state index >= 15 is 0 Å². The van der Waals surface area contributed by atoms with Crippen molar-refractivity contribution in [2.45, 2.75) is 13.5 Å². The van der Waals surface area contributed by atoms with E-state index in [9.17, 15) is 4.79 Å². The Morgan fingerprint density at radius 2 is 1.90 bits per heavy atom. The summed E-state index contributed by atoms with van der Waals surface area (Å²) in [5.41, 5.74) is 9.49. The van der Waals surface area contributed by atoms with Crippen LogP contribution >= 0.6 is 0 Å². The first-order valence-corrected chi connectivity index (χ1v) is 7.06. The number of benzene rings is 2. The molecule has 1 amide bonds. The molecule has 21 heavy (non-hydrogen) atoms. The zero-order valence-corrected chi connectivity index (χ0v) is 12.5. The van der Waals surface area contributed by atoms with Gasteiger partial charge in [0.2, 0.25) is 0 Å². The number of hydrogen-bond acceptors (Lipinski definition) is 3. The van der Waals surface area contributed by atoms with E-state index in [4.69, 9.17) is 5.73 Å². The lowest BCUT2D eigenvalue weighted by Crippen LogP contribution is -2.24. The molecule has 0 unspecified atom stereocenters. The van der Waals surface area contributed by atoms with Gasteiger partial charge in [-0.1, -0.05) is 30.3 Å². The Labute approximate surface area is 125 Å². The molecule has 2 aromatic rings. The van der Waals surface area contributed by atoms with Gasteiger partial charge in [0.25, 0.3) is 5.91 Å². The number of carbonyl (C=O) groups excluding carboxylic acids is 1. The molecule has 110 valence electrons. The van der Waals surface area contributed by atoms with Crippen LogP contribution in [0, 0.1) is 0 Å². The summed E-state index contributed by atoms with van der Waals surface area (Å²) >= 11 is 0. The summed E-state index contributed by atoms with van der Waals surface area (Å²) in [7, 11) is 1.62. The molecule has 4 nitrogen and oxygen atoms in total. The zero-order chi connectivity index (χ0) is 15.2. The SMILES string of the molecule is CCN(Cc1ccccc1)c1cc(C(=O)NC)ccc1N. The number of nitrogen functional groups attached to an aromatic ring is 1. The van der Waals surface area contributed by atoms with Crippen molar-refractivity contribution in [3.05, 3.63) is 59.7 Å². The predicted molar refractivity (Wildman–Crippen MR) is 87.4 cm³/mol. The molecule has 0 aliphatic carbocycles. The molecule has 0 aliphatic rings. The van der Waals surface area contributed by atoms with E-state index in [1.165, 1.54) is 5.56 Å². The average Bonchev–Trinajstić information content (AvgIpc) is 2.53. The lowest BCUT2D eigenvalue weighted by molar-refractivity contribution is 0.0963. The van der Waals surface area contributed by atoms with E-state index in [1.54, 1.807) is 19.2 Å². The molecule has 0 atom stereocenters. The molecule has 0 saturated carbocycles. The van der Waals surface area contributed by atoms with Crippen LogP contribution in [0.25, 0.3) is 0 Å². The second-order valence-corrected chi connectivity index (χ2v) is 4.85. The Bertz CT molecular complexity index is 611. The van der Waals surface area contributed by atoms with E-state index in [0.29, 0.717) is 11.3 Å². The third kappa shape index (κ3) is 3.54. The van der Waals surface area contributed by atoms with E-state index in [1.807, 2.05) is 24.3 Å². The van der Waals surface area contributed by atoms with Crippen molar-refractivity contribution in [2.75, 3.05) is 24.2 Å². The maximum Gasteiger partial charge on any atom is 0.251 e. The second-order valence-electron chi connectivity index (χ2n) is 4.85. The summed E-state index contributed by atoms with van der Waals surface area (Å²) in [5.74, 6) is -0.105. The van der Waals surface area contributed by atoms with Crippen molar-refractivity contribution < 1.29 is 4.79 Å². The van der Waals surface area contributed by atoms with Crippen molar-refractivity contribution in [3.8, 4) is 0 Å². The van der Waals surface area contributed by atoms with Crippen LogP contribution < -0.4 is 16.0 Å². The minimum absolute atomic E-state index is 0.105. The van der Waals surface area contributed by atoms with Gasteiger partial charge < -0.3 is 16.0 Å². The van der Waals surface area contributed by atoms with Crippen molar-refractivity contribution in [1.82, 2.24) is 5.32 Å². The number of nitrogens with zero attached hydrogens (tertiary/aromatic N) is 1. The highest BCUT2D eigenvalue weighted by atomic mass is 16.1. The molecule has 0 spiro atoms. The summed E-state index contributed by atoms with van der Waals surface area (Å²) in [6.45, 7) is 3.66. The Morgan fingerprint density at radius 1 is 1.19 bits per heavy atom. The molecule has 0 fully saturated rings. The highest BCUT2D eigenvalue weighted by molar-refractivity contribution is 5.96. The molecule has 0 bridgehead atoms. The first-order chi connectivity index (χ1) is 10.2. The zero-order valence-electron chi connectivity index (χ0n) is 12.5. The van der Waals surface area contributed by atoms with Gasteiger partial charge in [-0.25, -0.2) is 0 Å². The van der Waals surface area contributed by atoms with Crippen molar-refractivity contribution >= 4 is 17.3 Å². The Balaban J connectivity index is 2.31. The Morgan fingerprint density at radius 3 is 2.52 bits per heavy atom. The van der Waals surface area contributed by atoms with E-state index in [0.717, 1.165) is 18.8 Å². The van der Waals surface area contributed by atoms with Crippen LogP contribution in [0.2, 0.25) is 0 Å². The number of hydrogen-bond donors (Lipinski definition) is 2. The fraction of sp³-hybridized carbons (Fsp3) is 0.235. The summed E-state index contributed by atoms with van der Waals surface area (Å²) in [6, 6.07) is 15.6. The maximum atomic E-state index is 11.8. The van der Waals surface area contributed by atoms with Crippen LogP contribution in [0.5, 0.6) is 0 Å². The fourth-order valence-electron chi connectivity index (χ4n) is 2.27. The van der Waals surface area contributed by atoms with Gasteiger partial charge in [0, 0.05) is 25.7 Å². The van der Waals surface area contributed by atoms with Crippen LogP contribution in [-0.4, -0.2) is 19.5 Å². The molecule has 2 rings (SSSR count).